The Labute approximate surface area is 118 Å². The molecule has 0 bridgehead atoms. The Hall–Kier alpha value is -0.910. The summed E-state index contributed by atoms with van der Waals surface area (Å²) in [7, 11) is -3.51. The van der Waals surface area contributed by atoms with Crippen molar-refractivity contribution in [3.8, 4) is 0 Å². The van der Waals surface area contributed by atoms with Gasteiger partial charge >= 0.3 is 0 Å². The summed E-state index contributed by atoms with van der Waals surface area (Å²) in [5.41, 5.74) is 0.928. The van der Waals surface area contributed by atoms with Crippen molar-refractivity contribution in [1.82, 2.24) is 4.31 Å². The number of carbonyl (C=O) groups excluding carboxylic acids is 1. The normalized spacial score (nSPS) is 17.4. The standard InChI is InChI=1S/C13H16ClNO3S/c1-10-5-6-11(9-12(10)13(14)16)19(17,18)15-7-3-2-4-8-15/h5-6,9H,2-4,7-8H2,1H3. The van der Waals surface area contributed by atoms with E-state index in [0.29, 0.717) is 18.7 Å². The molecule has 1 aliphatic heterocycles. The number of hydrogen-bond donors (Lipinski definition) is 0. The molecule has 104 valence electrons. The second kappa shape index (κ2) is 5.61. The molecule has 2 rings (SSSR count). The average Bonchev–Trinajstić information content (AvgIpc) is 2.39. The van der Waals surface area contributed by atoms with Gasteiger partial charge in [-0.25, -0.2) is 8.42 Å². The second-order valence-corrected chi connectivity index (χ2v) is 7.00. The first kappa shape index (κ1) is 14.5. The van der Waals surface area contributed by atoms with Gasteiger partial charge in [-0.1, -0.05) is 12.5 Å². The van der Waals surface area contributed by atoms with Crippen LogP contribution in [0.3, 0.4) is 0 Å². The summed E-state index contributed by atoms with van der Waals surface area (Å²) in [6, 6.07) is 4.52. The van der Waals surface area contributed by atoms with Gasteiger partial charge in [0.15, 0.2) is 0 Å². The predicted octanol–water partition coefficient (Wildman–Crippen LogP) is 2.55. The first-order valence-corrected chi connectivity index (χ1v) is 8.05. The topological polar surface area (TPSA) is 54.5 Å². The van der Waals surface area contributed by atoms with Gasteiger partial charge < -0.3 is 0 Å². The molecule has 0 amide bonds. The van der Waals surface area contributed by atoms with Gasteiger partial charge in [-0.2, -0.15) is 4.31 Å². The van der Waals surface area contributed by atoms with Crippen molar-refractivity contribution in [3.05, 3.63) is 29.3 Å². The van der Waals surface area contributed by atoms with E-state index < -0.39 is 15.3 Å². The van der Waals surface area contributed by atoms with E-state index in [1.54, 1.807) is 13.0 Å². The molecular formula is C13H16ClNO3S. The molecule has 0 spiro atoms. The van der Waals surface area contributed by atoms with Crippen LogP contribution in [-0.4, -0.2) is 31.1 Å². The van der Waals surface area contributed by atoms with Crippen molar-refractivity contribution >= 4 is 26.9 Å². The van der Waals surface area contributed by atoms with E-state index >= 15 is 0 Å². The van der Waals surface area contributed by atoms with Crippen LogP contribution in [0.25, 0.3) is 0 Å². The Morgan fingerprint density at radius 1 is 1.21 bits per heavy atom. The van der Waals surface area contributed by atoms with Crippen LogP contribution in [0.4, 0.5) is 0 Å². The van der Waals surface area contributed by atoms with Crippen LogP contribution < -0.4 is 0 Å². The summed E-state index contributed by atoms with van der Waals surface area (Å²) in [5.74, 6) is 0. The first-order chi connectivity index (χ1) is 8.93. The molecule has 1 saturated heterocycles. The smallest absolute Gasteiger partial charge is 0.252 e. The van der Waals surface area contributed by atoms with Crippen molar-refractivity contribution in [2.24, 2.45) is 0 Å². The van der Waals surface area contributed by atoms with E-state index in [0.717, 1.165) is 19.3 Å². The van der Waals surface area contributed by atoms with Crippen LogP contribution in [0.5, 0.6) is 0 Å². The quantitative estimate of drug-likeness (QED) is 0.806. The molecule has 0 saturated carbocycles. The maximum Gasteiger partial charge on any atom is 0.252 e. The number of rotatable bonds is 3. The molecule has 0 aliphatic carbocycles. The van der Waals surface area contributed by atoms with Crippen molar-refractivity contribution in [2.45, 2.75) is 31.1 Å². The lowest BCUT2D eigenvalue weighted by Gasteiger charge is -2.26. The van der Waals surface area contributed by atoms with Crippen LogP contribution >= 0.6 is 11.6 Å². The number of piperidine rings is 1. The third kappa shape index (κ3) is 2.99. The van der Waals surface area contributed by atoms with Gasteiger partial charge in [0.25, 0.3) is 5.24 Å². The number of halogens is 1. The van der Waals surface area contributed by atoms with Gasteiger partial charge in [-0.3, -0.25) is 4.79 Å². The van der Waals surface area contributed by atoms with E-state index in [-0.39, 0.29) is 10.5 Å². The first-order valence-electron chi connectivity index (χ1n) is 6.23. The van der Waals surface area contributed by atoms with E-state index in [1.807, 2.05) is 0 Å². The Morgan fingerprint density at radius 3 is 2.42 bits per heavy atom. The SMILES string of the molecule is Cc1ccc(S(=O)(=O)N2CCCCC2)cc1C(=O)Cl. The molecule has 4 nitrogen and oxygen atoms in total. The summed E-state index contributed by atoms with van der Waals surface area (Å²) in [6.07, 6.45) is 2.82. The number of nitrogens with zero attached hydrogens (tertiary/aromatic N) is 1. The third-order valence-corrected chi connectivity index (χ3v) is 5.47. The van der Waals surface area contributed by atoms with Crippen LogP contribution in [0.15, 0.2) is 23.1 Å². The molecule has 0 radical (unpaired) electrons. The molecule has 1 aromatic carbocycles. The molecule has 1 aromatic rings. The zero-order chi connectivity index (χ0) is 14.0. The van der Waals surface area contributed by atoms with Crippen LogP contribution in [0.1, 0.15) is 35.2 Å². The predicted molar refractivity (Wildman–Crippen MR) is 74.0 cm³/mol. The Kier molecular flexibility index (Phi) is 4.28. The van der Waals surface area contributed by atoms with Crippen LogP contribution in [0, 0.1) is 6.92 Å². The number of carbonyl (C=O) groups is 1. The minimum absolute atomic E-state index is 0.143. The third-order valence-electron chi connectivity index (χ3n) is 3.37. The summed E-state index contributed by atoms with van der Waals surface area (Å²) < 4.78 is 26.4. The highest BCUT2D eigenvalue weighted by molar-refractivity contribution is 7.89. The molecule has 0 atom stereocenters. The lowest BCUT2D eigenvalue weighted by molar-refractivity contribution is 0.108. The van der Waals surface area contributed by atoms with Gasteiger partial charge in [0.2, 0.25) is 10.0 Å². The van der Waals surface area contributed by atoms with Crippen LogP contribution in [-0.2, 0) is 10.0 Å². The molecule has 1 fully saturated rings. The highest BCUT2D eigenvalue weighted by atomic mass is 35.5. The fraction of sp³-hybridized carbons (Fsp3) is 0.462. The molecular weight excluding hydrogens is 286 g/mol. The number of sulfonamides is 1. The fourth-order valence-corrected chi connectivity index (χ4v) is 3.98. The molecule has 1 aliphatic rings. The summed E-state index contributed by atoms with van der Waals surface area (Å²) >= 11 is 5.47. The van der Waals surface area contributed by atoms with Crippen molar-refractivity contribution < 1.29 is 13.2 Å². The van der Waals surface area contributed by atoms with Crippen molar-refractivity contribution in [3.63, 3.8) is 0 Å². The Morgan fingerprint density at radius 2 is 1.84 bits per heavy atom. The van der Waals surface area contributed by atoms with Crippen molar-refractivity contribution in [1.29, 1.82) is 0 Å². The zero-order valence-corrected chi connectivity index (χ0v) is 12.3. The monoisotopic (exact) mass is 301 g/mol. The molecule has 1 heterocycles. The Balaban J connectivity index is 2.40. The van der Waals surface area contributed by atoms with Gasteiger partial charge in [0.05, 0.1) is 4.90 Å². The fourth-order valence-electron chi connectivity index (χ4n) is 2.23. The molecule has 19 heavy (non-hydrogen) atoms. The maximum absolute atomic E-state index is 12.4. The average molecular weight is 302 g/mol. The lowest BCUT2D eigenvalue weighted by Crippen LogP contribution is -2.35. The van der Waals surface area contributed by atoms with E-state index in [2.05, 4.69) is 0 Å². The zero-order valence-electron chi connectivity index (χ0n) is 10.7. The molecule has 6 heteroatoms. The molecule has 0 N–H and O–H groups in total. The number of aryl methyl sites for hydroxylation is 1. The van der Waals surface area contributed by atoms with Gasteiger partial charge in [-0.05, 0) is 49.1 Å². The largest absolute Gasteiger partial charge is 0.276 e. The Bertz CT molecular complexity index is 592. The summed E-state index contributed by atoms with van der Waals surface area (Å²) in [4.78, 5) is 11.4. The highest BCUT2D eigenvalue weighted by Gasteiger charge is 2.26. The number of hydrogen-bond acceptors (Lipinski definition) is 3. The van der Waals surface area contributed by atoms with E-state index in [4.69, 9.17) is 11.6 Å². The van der Waals surface area contributed by atoms with Crippen LogP contribution in [0.2, 0.25) is 0 Å². The summed E-state index contributed by atoms with van der Waals surface area (Å²) in [5, 5.41) is -0.631. The van der Waals surface area contributed by atoms with Gasteiger partial charge in [0, 0.05) is 18.7 Å². The van der Waals surface area contributed by atoms with Gasteiger partial charge in [-0.15, -0.1) is 0 Å². The van der Waals surface area contributed by atoms with E-state index in [9.17, 15) is 13.2 Å². The minimum atomic E-state index is -3.51. The maximum atomic E-state index is 12.4. The minimum Gasteiger partial charge on any atom is -0.276 e. The lowest BCUT2D eigenvalue weighted by atomic mass is 10.1. The van der Waals surface area contributed by atoms with E-state index in [1.165, 1.54) is 16.4 Å². The number of benzene rings is 1. The van der Waals surface area contributed by atoms with Crippen molar-refractivity contribution in [2.75, 3.05) is 13.1 Å². The molecule has 0 unspecified atom stereocenters. The molecule has 0 aromatic heterocycles. The highest BCUT2D eigenvalue weighted by Crippen LogP contribution is 2.23. The van der Waals surface area contributed by atoms with Gasteiger partial charge in [0.1, 0.15) is 0 Å². The second-order valence-electron chi connectivity index (χ2n) is 4.72. The summed E-state index contributed by atoms with van der Waals surface area (Å²) in [6.45, 7) is 2.81.